The molecule has 2 atom stereocenters. The number of piperidine rings is 1. The van der Waals surface area contributed by atoms with Crippen LogP contribution in [0.5, 0.6) is 0 Å². The fraction of sp³-hybridized carbons (Fsp3) is 0.750. The van der Waals surface area contributed by atoms with E-state index in [9.17, 15) is 19.5 Å². The zero-order valence-electron chi connectivity index (χ0n) is 10.1. The molecule has 2 unspecified atom stereocenters. The van der Waals surface area contributed by atoms with Gasteiger partial charge in [-0.3, -0.25) is 9.59 Å². The van der Waals surface area contributed by atoms with Crippen molar-refractivity contribution in [1.29, 1.82) is 0 Å². The number of hydrogen-bond acceptors (Lipinski definition) is 4. The van der Waals surface area contributed by atoms with Gasteiger partial charge in [0.1, 0.15) is 12.2 Å². The number of carbonyl (C=O) groups excluding carboxylic acids is 3. The van der Waals surface area contributed by atoms with Gasteiger partial charge in [0.15, 0.2) is 0 Å². The second-order valence-electron chi connectivity index (χ2n) is 5.10. The molecule has 1 aliphatic heterocycles. The monoisotopic (exact) mass is 254 g/mol. The van der Waals surface area contributed by atoms with Crippen molar-refractivity contribution < 1.29 is 19.5 Å². The van der Waals surface area contributed by atoms with Crippen LogP contribution in [0.1, 0.15) is 32.1 Å². The largest absolute Gasteiger partial charge is 0.392 e. The third kappa shape index (κ3) is 2.38. The summed E-state index contributed by atoms with van der Waals surface area (Å²) in [4.78, 5) is 34.8. The van der Waals surface area contributed by atoms with Crippen LogP contribution in [0.25, 0.3) is 0 Å². The molecule has 6 heteroatoms. The predicted octanol–water partition coefficient (Wildman–Crippen LogP) is -0.889. The van der Waals surface area contributed by atoms with E-state index in [1.807, 2.05) is 0 Å². The quantitative estimate of drug-likeness (QED) is 0.450. The van der Waals surface area contributed by atoms with Gasteiger partial charge in [-0.25, -0.2) is 0 Å². The SMILES string of the molecule is O=CC1(NC(=O)C2C(=O)NCCC2O)CCCC1. The van der Waals surface area contributed by atoms with Crippen molar-refractivity contribution in [3.05, 3.63) is 0 Å². The highest BCUT2D eigenvalue weighted by Crippen LogP contribution is 2.28. The molecule has 0 aromatic heterocycles. The topological polar surface area (TPSA) is 95.5 Å². The fourth-order valence-corrected chi connectivity index (χ4v) is 2.69. The lowest BCUT2D eigenvalue weighted by molar-refractivity contribution is -0.144. The molecule has 2 amide bonds. The van der Waals surface area contributed by atoms with Crippen LogP contribution >= 0.6 is 0 Å². The molecular formula is C12H18N2O4. The lowest BCUT2D eigenvalue weighted by Crippen LogP contribution is -2.57. The number of aliphatic hydroxyl groups is 1. The molecule has 2 aliphatic rings. The molecule has 0 radical (unpaired) electrons. The molecule has 2 rings (SSSR count). The Morgan fingerprint density at radius 2 is 2.11 bits per heavy atom. The van der Waals surface area contributed by atoms with Crippen LogP contribution < -0.4 is 10.6 Å². The zero-order valence-corrected chi connectivity index (χ0v) is 10.1. The molecule has 1 saturated heterocycles. The van der Waals surface area contributed by atoms with E-state index in [-0.39, 0.29) is 0 Å². The van der Waals surface area contributed by atoms with Crippen molar-refractivity contribution in [3.8, 4) is 0 Å². The maximum absolute atomic E-state index is 12.0. The van der Waals surface area contributed by atoms with E-state index in [4.69, 9.17) is 0 Å². The Morgan fingerprint density at radius 1 is 1.44 bits per heavy atom. The van der Waals surface area contributed by atoms with Gasteiger partial charge in [-0.05, 0) is 19.3 Å². The molecule has 1 saturated carbocycles. The summed E-state index contributed by atoms with van der Waals surface area (Å²) < 4.78 is 0. The van der Waals surface area contributed by atoms with Gasteiger partial charge in [0, 0.05) is 6.54 Å². The Hall–Kier alpha value is -1.43. The molecule has 100 valence electrons. The van der Waals surface area contributed by atoms with E-state index in [0.29, 0.717) is 25.8 Å². The zero-order chi connectivity index (χ0) is 13.2. The summed E-state index contributed by atoms with van der Waals surface area (Å²) in [6.45, 7) is 0.378. The standard InChI is InChI=1S/C12H18N2O4/c15-7-12(4-1-2-5-12)14-11(18)9-8(16)3-6-13-10(9)17/h7-9,16H,1-6H2,(H,13,17)(H,14,18). The minimum atomic E-state index is -1.10. The highest BCUT2D eigenvalue weighted by Gasteiger charge is 2.42. The van der Waals surface area contributed by atoms with Crippen LogP contribution in [0.2, 0.25) is 0 Å². The Kier molecular flexibility index (Phi) is 3.65. The van der Waals surface area contributed by atoms with Crippen LogP contribution in [-0.4, -0.2) is 41.4 Å². The van der Waals surface area contributed by atoms with E-state index >= 15 is 0 Å². The number of amides is 2. The number of aliphatic hydroxyl groups excluding tert-OH is 1. The fourth-order valence-electron chi connectivity index (χ4n) is 2.69. The Bertz CT molecular complexity index is 363. The maximum Gasteiger partial charge on any atom is 0.236 e. The molecule has 0 aromatic rings. The van der Waals surface area contributed by atoms with Crippen LogP contribution in [0.3, 0.4) is 0 Å². The van der Waals surface area contributed by atoms with Gasteiger partial charge in [0.2, 0.25) is 11.8 Å². The Morgan fingerprint density at radius 3 is 2.67 bits per heavy atom. The highest BCUT2D eigenvalue weighted by molar-refractivity contribution is 6.02. The Balaban J connectivity index is 2.06. The van der Waals surface area contributed by atoms with Gasteiger partial charge in [0.25, 0.3) is 0 Å². The first kappa shape index (κ1) is 13.0. The number of carbonyl (C=O) groups is 3. The van der Waals surface area contributed by atoms with E-state index in [0.717, 1.165) is 19.1 Å². The van der Waals surface area contributed by atoms with Gasteiger partial charge in [-0.2, -0.15) is 0 Å². The lowest BCUT2D eigenvalue weighted by Gasteiger charge is -2.30. The van der Waals surface area contributed by atoms with Gasteiger partial charge < -0.3 is 20.5 Å². The van der Waals surface area contributed by atoms with Crippen LogP contribution in [0.4, 0.5) is 0 Å². The average molecular weight is 254 g/mol. The molecule has 0 spiro atoms. The second-order valence-corrected chi connectivity index (χ2v) is 5.10. The molecule has 6 nitrogen and oxygen atoms in total. The van der Waals surface area contributed by atoms with Crippen molar-refractivity contribution in [3.63, 3.8) is 0 Å². The van der Waals surface area contributed by atoms with Crippen LogP contribution in [0, 0.1) is 5.92 Å². The maximum atomic E-state index is 12.0. The molecule has 0 bridgehead atoms. The van der Waals surface area contributed by atoms with Crippen molar-refractivity contribution in [2.24, 2.45) is 5.92 Å². The predicted molar refractivity (Wildman–Crippen MR) is 62.5 cm³/mol. The van der Waals surface area contributed by atoms with Crippen molar-refractivity contribution in [2.75, 3.05) is 6.54 Å². The summed E-state index contributed by atoms with van der Waals surface area (Å²) in [7, 11) is 0. The van der Waals surface area contributed by atoms with Crippen LogP contribution in [-0.2, 0) is 14.4 Å². The summed E-state index contributed by atoms with van der Waals surface area (Å²) in [5, 5.41) is 14.9. The third-order valence-electron chi connectivity index (χ3n) is 3.78. The smallest absolute Gasteiger partial charge is 0.236 e. The van der Waals surface area contributed by atoms with Gasteiger partial charge in [-0.15, -0.1) is 0 Å². The van der Waals surface area contributed by atoms with Crippen molar-refractivity contribution in [2.45, 2.75) is 43.7 Å². The molecule has 18 heavy (non-hydrogen) atoms. The third-order valence-corrected chi connectivity index (χ3v) is 3.78. The van der Waals surface area contributed by atoms with E-state index in [1.165, 1.54) is 0 Å². The number of hydrogen-bond donors (Lipinski definition) is 3. The van der Waals surface area contributed by atoms with E-state index in [2.05, 4.69) is 10.6 Å². The molecule has 1 aliphatic carbocycles. The summed E-state index contributed by atoms with van der Waals surface area (Å²) in [6.07, 6.45) is 3.13. The first-order chi connectivity index (χ1) is 8.58. The van der Waals surface area contributed by atoms with Gasteiger partial charge in [-0.1, -0.05) is 12.8 Å². The van der Waals surface area contributed by atoms with Crippen LogP contribution in [0.15, 0.2) is 0 Å². The molecule has 2 fully saturated rings. The summed E-state index contributed by atoms with van der Waals surface area (Å²) in [5.74, 6) is -2.12. The number of nitrogens with one attached hydrogen (secondary N) is 2. The van der Waals surface area contributed by atoms with Gasteiger partial charge >= 0.3 is 0 Å². The molecule has 1 heterocycles. The normalized spacial score (nSPS) is 30.6. The first-order valence-corrected chi connectivity index (χ1v) is 6.32. The minimum absolute atomic E-state index is 0.359. The molecule has 3 N–H and O–H groups in total. The summed E-state index contributed by atoms with van der Waals surface area (Å²) in [5.41, 5.74) is -0.839. The van der Waals surface area contributed by atoms with Crippen molar-refractivity contribution >= 4 is 18.1 Å². The number of rotatable bonds is 3. The Labute approximate surface area is 105 Å². The van der Waals surface area contributed by atoms with E-state index in [1.54, 1.807) is 0 Å². The molecule has 0 aromatic carbocycles. The molecular weight excluding hydrogens is 236 g/mol. The first-order valence-electron chi connectivity index (χ1n) is 6.32. The lowest BCUT2D eigenvalue weighted by atomic mass is 9.92. The van der Waals surface area contributed by atoms with Gasteiger partial charge in [0.05, 0.1) is 11.6 Å². The second kappa shape index (κ2) is 5.06. The highest BCUT2D eigenvalue weighted by atomic mass is 16.3. The number of aldehydes is 1. The summed E-state index contributed by atoms with van der Waals surface area (Å²) in [6, 6.07) is 0. The minimum Gasteiger partial charge on any atom is -0.392 e. The summed E-state index contributed by atoms with van der Waals surface area (Å²) >= 11 is 0. The van der Waals surface area contributed by atoms with E-state index < -0.39 is 29.4 Å². The van der Waals surface area contributed by atoms with Crippen molar-refractivity contribution in [1.82, 2.24) is 10.6 Å². The average Bonchev–Trinajstić information content (AvgIpc) is 2.78.